The van der Waals surface area contributed by atoms with Crippen molar-refractivity contribution in [2.24, 2.45) is 23.3 Å². The summed E-state index contributed by atoms with van der Waals surface area (Å²) in [5, 5.41) is 63.7. The molecule has 1 aliphatic heterocycles. The van der Waals surface area contributed by atoms with Gasteiger partial charge in [0.15, 0.2) is 0 Å². The van der Waals surface area contributed by atoms with Crippen LogP contribution in [-0.4, -0.2) is 188 Å². The van der Waals surface area contributed by atoms with Crippen LogP contribution in [0.2, 0.25) is 0 Å². The highest BCUT2D eigenvalue weighted by Crippen LogP contribution is 2.16. The quantitative estimate of drug-likeness (QED) is 0.0654. The lowest BCUT2D eigenvalue weighted by atomic mass is 9.99. The fourth-order valence-corrected chi connectivity index (χ4v) is 9.83. The summed E-state index contributed by atoms with van der Waals surface area (Å²) in [6.45, 7) is 5.57. The molecule has 1 fully saturated rings. The van der Waals surface area contributed by atoms with Crippen molar-refractivity contribution in [2.45, 2.75) is 140 Å². The van der Waals surface area contributed by atoms with Crippen LogP contribution in [-0.2, 0) is 80.0 Å². The Morgan fingerprint density at radius 2 is 0.954 bits per heavy atom. The third-order valence-corrected chi connectivity index (χ3v) is 14.8. The molecule has 9 atom stereocenters. The minimum Gasteiger partial charge on any atom is -0.508 e. The highest BCUT2D eigenvalue weighted by molar-refractivity contribution is 8.00. The van der Waals surface area contributed by atoms with E-state index in [1.54, 1.807) is 20.1 Å². The number of nitrogens with one attached hydrogen (secondary N) is 10. The number of hydrogen-bond donors (Lipinski definition) is 16. The summed E-state index contributed by atoms with van der Waals surface area (Å²) in [6, 6.07) is -3.48. The van der Waals surface area contributed by atoms with Gasteiger partial charge in [0, 0.05) is 31.4 Å². The van der Waals surface area contributed by atoms with Gasteiger partial charge < -0.3 is 85.1 Å². The predicted molar refractivity (Wildman–Crippen MR) is 315 cm³/mol. The third-order valence-electron chi connectivity index (χ3n) is 13.1. The molecular weight excluding hydrogens is 1180 g/mol. The number of primary amides is 2. The van der Waals surface area contributed by atoms with E-state index in [0.29, 0.717) is 11.1 Å². The second kappa shape index (κ2) is 36.3. The molecule has 12 amide bonds. The minimum absolute atomic E-state index is 0.0197. The molecule has 1 saturated heterocycles. The number of carbonyl (C=O) groups excluding carboxylic acids is 12. The third kappa shape index (κ3) is 26.6. The van der Waals surface area contributed by atoms with Gasteiger partial charge in [-0.3, -0.25) is 67.1 Å². The van der Waals surface area contributed by atoms with Gasteiger partial charge in [-0.1, -0.05) is 52.0 Å². The van der Waals surface area contributed by atoms with Crippen molar-refractivity contribution in [3.05, 3.63) is 59.7 Å². The Kier molecular flexibility index (Phi) is 30.3. The molecule has 478 valence electrons. The van der Waals surface area contributed by atoms with Crippen LogP contribution in [0.5, 0.6) is 11.5 Å². The van der Waals surface area contributed by atoms with Crippen LogP contribution in [0.15, 0.2) is 48.5 Å². The van der Waals surface area contributed by atoms with Crippen LogP contribution < -0.4 is 64.6 Å². The number of amides is 12. The summed E-state index contributed by atoms with van der Waals surface area (Å²) < 4.78 is 0. The summed E-state index contributed by atoms with van der Waals surface area (Å²) in [6.07, 6.45) is -2.53. The highest BCUT2D eigenvalue weighted by Gasteiger charge is 2.36. The van der Waals surface area contributed by atoms with E-state index >= 15 is 0 Å². The second-order valence-electron chi connectivity index (χ2n) is 21.2. The summed E-state index contributed by atoms with van der Waals surface area (Å²) in [4.78, 5) is 189. The molecular formula is C55H78N12O18S2. The largest absolute Gasteiger partial charge is 0.508 e. The number of carboxylic acid groups (broad SMARTS) is 2. The monoisotopic (exact) mass is 1260 g/mol. The number of thioether (sulfide) groups is 2. The van der Waals surface area contributed by atoms with Crippen LogP contribution in [0, 0.1) is 11.8 Å². The van der Waals surface area contributed by atoms with Crippen molar-refractivity contribution in [1.82, 2.24) is 53.2 Å². The summed E-state index contributed by atoms with van der Waals surface area (Å²) in [7, 11) is 0. The van der Waals surface area contributed by atoms with Crippen molar-refractivity contribution in [1.29, 1.82) is 0 Å². The number of hydrogen-bond acceptors (Lipinski definition) is 18. The van der Waals surface area contributed by atoms with E-state index < -0.39 is 188 Å². The number of nitrogens with two attached hydrogens (primary N) is 2. The number of phenols is 2. The standard InChI is InChI=1S/C55H78N12O18S2/c1-27(2)20-36-51(81)64-37(21-29-6-10-31(68)11-7-29)52(82)61-34(15-17-45(75)76)49(79)65-39(23-41(56)70)54(84)67-46(28(3)4)55(85)58-24-42(71)59-35(18-19-86-5)50(80)63-38(22-30-8-12-32(69)13-9-30)53(83)66-40(47(57)77)25-87-26-43(72)60-33(48(78)62-36)14-16-44(73)74/h6-13,27-28,33-40,46,68-69H,14-26H2,1-5H3,(H2,56,70)(H2,57,77)(H,58,85)(H,59,71)(H,60,72)(H,61,82)(H,62,78)(H,63,80)(H,64,81)(H,65,79)(H,66,83)(H,67,84)(H,73,74)(H,75,76)/t33-,34-,35-,36-,37-,38-,39-,40?,46-/m0/s1. The van der Waals surface area contributed by atoms with Gasteiger partial charge >= 0.3 is 11.9 Å². The van der Waals surface area contributed by atoms with Gasteiger partial charge in [-0.25, -0.2) is 0 Å². The first-order valence-corrected chi connectivity index (χ1v) is 30.1. The molecule has 0 spiro atoms. The first-order valence-electron chi connectivity index (χ1n) is 27.6. The normalized spacial score (nSPS) is 23.4. The molecule has 1 aliphatic rings. The zero-order valence-corrected chi connectivity index (χ0v) is 50.3. The van der Waals surface area contributed by atoms with E-state index in [0.717, 1.165) is 11.8 Å². The highest BCUT2D eigenvalue weighted by atomic mass is 32.2. The minimum atomic E-state index is -1.89. The molecule has 18 N–H and O–H groups in total. The van der Waals surface area contributed by atoms with Crippen LogP contribution >= 0.6 is 23.5 Å². The van der Waals surface area contributed by atoms with Gasteiger partial charge in [-0.05, 0) is 84.9 Å². The molecule has 0 radical (unpaired) electrons. The zero-order chi connectivity index (χ0) is 65.1. The van der Waals surface area contributed by atoms with Gasteiger partial charge in [0.1, 0.15) is 65.9 Å². The van der Waals surface area contributed by atoms with Crippen LogP contribution in [0.1, 0.15) is 83.8 Å². The van der Waals surface area contributed by atoms with Crippen molar-refractivity contribution in [2.75, 3.05) is 30.1 Å². The van der Waals surface area contributed by atoms with E-state index in [4.69, 9.17) is 11.5 Å². The fourth-order valence-electron chi connectivity index (χ4n) is 8.49. The van der Waals surface area contributed by atoms with Gasteiger partial charge in [0.2, 0.25) is 70.9 Å². The maximum Gasteiger partial charge on any atom is 0.303 e. The van der Waals surface area contributed by atoms with E-state index in [1.165, 1.54) is 74.1 Å². The maximum absolute atomic E-state index is 14.4. The van der Waals surface area contributed by atoms with Crippen LogP contribution in [0.25, 0.3) is 0 Å². The van der Waals surface area contributed by atoms with Gasteiger partial charge in [0.05, 0.1) is 18.7 Å². The number of carboxylic acids is 2. The van der Waals surface area contributed by atoms with Crippen molar-refractivity contribution in [3.63, 3.8) is 0 Å². The average molecular weight is 1260 g/mol. The molecule has 87 heavy (non-hydrogen) atoms. The summed E-state index contributed by atoms with van der Waals surface area (Å²) >= 11 is 2.06. The number of aliphatic carboxylic acids is 2. The Morgan fingerprint density at radius 1 is 0.540 bits per heavy atom. The Hall–Kier alpha value is -8.68. The van der Waals surface area contributed by atoms with Crippen molar-refractivity contribution in [3.8, 4) is 11.5 Å². The Labute approximate surface area is 509 Å². The van der Waals surface area contributed by atoms with Gasteiger partial charge in [-0.15, -0.1) is 11.8 Å². The lowest BCUT2D eigenvalue weighted by molar-refractivity contribution is -0.139. The number of carbonyl (C=O) groups is 14. The topological polar surface area (TPSA) is 492 Å². The first-order chi connectivity index (χ1) is 41.0. The van der Waals surface area contributed by atoms with Gasteiger partial charge in [0.25, 0.3) is 0 Å². The van der Waals surface area contributed by atoms with Crippen LogP contribution in [0.4, 0.5) is 0 Å². The van der Waals surface area contributed by atoms with E-state index in [1.807, 2.05) is 0 Å². The molecule has 30 nitrogen and oxygen atoms in total. The molecule has 3 rings (SSSR count). The summed E-state index contributed by atoms with van der Waals surface area (Å²) in [5.41, 5.74) is 11.9. The van der Waals surface area contributed by atoms with E-state index in [-0.39, 0.29) is 54.6 Å². The molecule has 2 aromatic carbocycles. The maximum atomic E-state index is 14.4. The zero-order valence-electron chi connectivity index (χ0n) is 48.6. The molecule has 0 aliphatic carbocycles. The summed E-state index contributed by atoms with van der Waals surface area (Å²) in [5.74, 6) is -17.2. The van der Waals surface area contributed by atoms with Gasteiger partial charge in [-0.2, -0.15) is 11.8 Å². The predicted octanol–water partition coefficient (Wildman–Crippen LogP) is -3.35. The second-order valence-corrected chi connectivity index (χ2v) is 23.2. The molecule has 2 aromatic rings. The Balaban J connectivity index is 2.18. The average Bonchev–Trinajstić information content (AvgIpc) is 3.65. The van der Waals surface area contributed by atoms with E-state index in [2.05, 4.69) is 53.2 Å². The number of aromatic hydroxyl groups is 2. The molecule has 32 heteroatoms. The van der Waals surface area contributed by atoms with E-state index in [9.17, 15) is 87.5 Å². The Morgan fingerprint density at radius 3 is 1.41 bits per heavy atom. The number of benzene rings is 2. The fraction of sp³-hybridized carbons (Fsp3) is 0.527. The molecule has 0 saturated carbocycles. The Bertz CT molecular complexity index is 2790. The lowest BCUT2D eigenvalue weighted by Crippen LogP contribution is -2.61. The molecule has 0 bridgehead atoms. The van der Waals surface area contributed by atoms with Crippen LogP contribution in [0.3, 0.4) is 0 Å². The number of phenolic OH excluding ortho intramolecular Hbond substituents is 2. The van der Waals surface area contributed by atoms with Crippen molar-refractivity contribution >= 4 is 106 Å². The molecule has 1 heterocycles. The lowest BCUT2D eigenvalue weighted by Gasteiger charge is -2.28. The van der Waals surface area contributed by atoms with Crippen molar-refractivity contribution < 1.29 is 87.5 Å². The smallest absolute Gasteiger partial charge is 0.303 e. The SMILES string of the molecule is CSCC[C@@H]1NC(=O)CNC(=O)[C@H](C(C)C)NC(=O)[C@H](CC(N)=O)NC(=O)[C@H](CCC(=O)O)NC(=O)[C@H](Cc2ccc(O)cc2)NC(=O)[C@H](CC(C)C)NC(=O)[C@H](CCC(=O)O)NC(=O)CSCC(C(N)=O)NC(=O)[C@H](Cc2ccc(O)cc2)NC1=O. The molecule has 0 aromatic heterocycles. The number of rotatable bonds is 19. The first kappa shape index (κ1) is 72.6. The molecule has 1 unspecified atom stereocenters.